The van der Waals surface area contributed by atoms with E-state index in [9.17, 15) is 8.42 Å². The third kappa shape index (κ3) is 3.46. The monoisotopic (exact) mass is 335 g/mol. The molecule has 0 heterocycles. The Hall–Kier alpha value is -0.590. The summed E-state index contributed by atoms with van der Waals surface area (Å²) in [5.74, 6) is 0.555. The molecule has 0 aliphatic carbocycles. The zero-order chi connectivity index (χ0) is 13.9. The maximum Gasteiger partial charge on any atom is 0.179 e. The summed E-state index contributed by atoms with van der Waals surface area (Å²) in [4.78, 5) is 0.207. The van der Waals surface area contributed by atoms with Crippen LogP contribution in [-0.4, -0.2) is 28.3 Å². The third-order valence-corrected chi connectivity index (χ3v) is 4.50. The van der Waals surface area contributed by atoms with Crippen molar-refractivity contribution in [2.45, 2.75) is 24.2 Å². The fourth-order valence-corrected chi connectivity index (χ4v) is 3.41. The molecule has 0 fully saturated rings. The lowest BCUT2D eigenvalue weighted by Crippen LogP contribution is -2.07. The van der Waals surface area contributed by atoms with E-state index in [1.54, 1.807) is 6.07 Å². The number of sulfone groups is 1. The summed E-state index contributed by atoms with van der Waals surface area (Å²) >= 11 is 3.35. The maximum atomic E-state index is 11.8. The van der Waals surface area contributed by atoms with Crippen molar-refractivity contribution in [1.29, 1.82) is 0 Å². The first-order valence-corrected chi connectivity index (χ1v) is 8.27. The quantitative estimate of drug-likeness (QED) is 0.896. The van der Waals surface area contributed by atoms with Crippen molar-refractivity contribution < 1.29 is 13.2 Å². The van der Waals surface area contributed by atoms with Crippen LogP contribution in [0.25, 0.3) is 0 Å². The summed E-state index contributed by atoms with van der Waals surface area (Å²) in [5.41, 5.74) is 6.47. The first-order valence-electron chi connectivity index (χ1n) is 5.58. The number of nitrogens with two attached hydrogens (primary N) is 1. The number of methoxy groups -OCH3 is 1. The largest absolute Gasteiger partial charge is 0.494 e. The topological polar surface area (TPSA) is 69.4 Å². The van der Waals surface area contributed by atoms with E-state index in [0.29, 0.717) is 16.8 Å². The van der Waals surface area contributed by atoms with Gasteiger partial charge in [-0.15, -0.1) is 0 Å². The summed E-state index contributed by atoms with van der Waals surface area (Å²) in [5, 5.41) is 0. The molecule has 0 amide bonds. The minimum absolute atomic E-state index is 0.206. The number of rotatable bonds is 5. The van der Waals surface area contributed by atoms with Gasteiger partial charge in [-0.2, -0.15) is 0 Å². The maximum absolute atomic E-state index is 11.8. The smallest absolute Gasteiger partial charge is 0.179 e. The molecule has 0 spiro atoms. The fourth-order valence-electron chi connectivity index (χ4n) is 1.76. The van der Waals surface area contributed by atoms with Crippen LogP contribution in [0.2, 0.25) is 0 Å². The second kappa shape index (κ2) is 6.04. The van der Waals surface area contributed by atoms with Crippen LogP contribution >= 0.6 is 15.9 Å². The Kier molecular flexibility index (Phi) is 5.19. The highest BCUT2D eigenvalue weighted by molar-refractivity contribution is 9.10. The Morgan fingerprint density at radius 2 is 2.06 bits per heavy atom. The van der Waals surface area contributed by atoms with E-state index in [4.69, 9.17) is 10.5 Å². The highest BCUT2D eigenvalue weighted by Gasteiger charge is 2.20. The van der Waals surface area contributed by atoms with Gasteiger partial charge in [-0.3, -0.25) is 0 Å². The van der Waals surface area contributed by atoms with Crippen LogP contribution in [0, 0.1) is 0 Å². The van der Waals surface area contributed by atoms with E-state index in [-0.39, 0.29) is 10.8 Å². The second-order valence-electron chi connectivity index (χ2n) is 4.28. The van der Waals surface area contributed by atoms with Gasteiger partial charge < -0.3 is 10.5 Å². The molecule has 6 heteroatoms. The van der Waals surface area contributed by atoms with E-state index >= 15 is 0 Å². The van der Waals surface area contributed by atoms with Crippen LogP contribution in [0.5, 0.6) is 5.75 Å². The van der Waals surface area contributed by atoms with E-state index in [0.717, 1.165) is 12.0 Å². The number of hydrogen-bond donors (Lipinski definition) is 1. The summed E-state index contributed by atoms with van der Waals surface area (Å²) in [6.45, 7) is 2.59. The van der Waals surface area contributed by atoms with Crippen molar-refractivity contribution in [3.8, 4) is 5.75 Å². The number of benzene rings is 1. The lowest BCUT2D eigenvalue weighted by atomic mass is 9.98. The predicted molar refractivity (Wildman–Crippen MR) is 75.9 cm³/mol. The summed E-state index contributed by atoms with van der Waals surface area (Å²) in [6, 6.07) is 3.55. The fraction of sp³-hybridized carbons (Fsp3) is 0.500. The molecule has 0 aliphatic heterocycles. The van der Waals surface area contributed by atoms with Gasteiger partial charge in [-0.05, 0) is 52.5 Å². The molecule has 1 aromatic rings. The van der Waals surface area contributed by atoms with Gasteiger partial charge in [0.2, 0.25) is 0 Å². The van der Waals surface area contributed by atoms with Crippen molar-refractivity contribution in [3.05, 3.63) is 22.2 Å². The molecule has 1 atom stereocenters. The van der Waals surface area contributed by atoms with Gasteiger partial charge in [-0.25, -0.2) is 8.42 Å². The molecule has 0 aliphatic rings. The van der Waals surface area contributed by atoms with E-state index in [2.05, 4.69) is 15.9 Å². The molecule has 4 nitrogen and oxygen atoms in total. The van der Waals surface area contributed by atoms with Crippen LogP contribution in [-0.2, 0) is 9.84 Å². The summed E-state index contributed by atoms with van der Waals surface area (Å²) < 4.78 is 29.3. The molecule has 1 unspecified atom stereocenters. The van der Waals surface area contributed by atoms with Gasteiger partial charge in [0.15, 0.2) is 15.6 Å². The highest BCUT2D eigenvalue weighted by atomic mass is 79.9. The minimum atomic E-state index is -3.33. The molecule has 0 saturated carbocycles. The van der Waals surface area contributed by atoms with Crippen molar-refractivity contribution in [1.82, 2.24) is 0 Å². The van der Waals surface area contributed by atoms with Crippen LogP contribution in [0.15, 0.2) is 21.5 Å². The Labute approximate surface area is 117 Å². The molecular weight excluding hydrogens is 318 g/mol. The van der Waals surface area contributed by atoms with Crippen molar-refractivity contribution in [3.63, 3.8) is 0 Å². The van der Waals surface area contributed by atoms with Gasteiger partial charge in [-0.1, -0.05) is 6.92 Å². The van der Waals surface area contributed by atoms with Gasteiger partial charge >= 0.3 is 0 Å². The predicted octanol–water partition coefficient (Wildman–Crippen LogP) is 2.31. The van der Waals surface area contributed by atoms with Crippen LogP contribution in [0.3, 0.4) is 0 Å². The first kappa shape index (κ1) is 15.5. The molecule has 1 aromatic carbocycles. The molecule has 0 radical (unpaired) electrons. The minimum Gasteiger partial charge on any atom is -0.494 e. The lowest BCUT2D eigenvalue weighted by Gasteiger charge is -2.15. The number of ether oxygens (including phenoxy) is 1. The third-order valence-electron chi connectivity index (χ3n) is 2.80. The molecular formula is C12H18BrNO3S. The van der Waals surface area contributed by atoms with Crippen molar-refractivity contribution in [2.24, 2.45) is 5.73 Å². The lowest BCUT2D eigenvalue weighted by molar-refractivity contribution is 0.399. The van der Waals surface area contributed by atoms with E-state index in [1.807, 2.05) is 13.0 Å². The average molecular weight is 336 g/mol. The zero-order valence-electron chi connectivity index (χ0n) is 10.7. The SMILES string of the molecule is COc1c(Br)cc(C(C)CCN)cc1S(C)(=O)=O. The molecule has 0 bridgehead atoms. The Morgan fingerprint density at radius 3 is 2.50 bits per heavy atom. The molecule has 2 N–H and O–H groups in total. The Balaban J connectivity index is 3.40. The van der Waals surface area contributed by atoms with Gasteiger partial charge in [0.25, 0.3) is 0 Å². The molecule has 0 saturated heterocycles. The summed E-state index contributed by atoms with van der Waals surface area (Å²) in [6.07, 6.45) is 1.98. The summed E-state index contributed by atoms with van der Waals surface area (Å²) in [7, 11) is -1.87. The van der Waals surface area contributed by atoms with Crippen molar-refractivity contribution in [2.75, 3.05) is 19.9 Å². The first-order chi connectivity index (χ1) is 8.31. The normalized spacial score (nSPS) is 13.4. The van der Waals surface area contributed by atoms with E-state index in [1.165, 1.54) is 13.4 Å². The molecule has 18 heavy (non-hydrogen) atoms. The number of halogens is 1. The zero-order valence-corrected chi connectivity index (χ0v) is 13.1. The number of hydrogen-bond acceptors (Lipinski definition) is 4. The molecule has 1 rings (SSSR count). The van der Waals surface area contributed by atoms with E-state index < -0.39 is 9.84 Å². The molecule has 102 valence electrons. The van der Waals surface area contributed by atoms with Gasteiger partial charge in [0, 0.05) is 6.26 Å². The Morgan fingerprint density at radius 1 is 1.44 bits per heavy atom. The van der Waals surface area contributed by atoms with Gasteiger partial charge in [0.05, 0.1) is 11.6 Å². The van der Waals surface area contributed by atoms with Crippen LogP contribution in [0.1, 0.15) is 24.8 Å². The van der Waals surface area contributed by atoms with Crippen LogP contribution < -0.4 is 10.5 Å². The Bertz CT molecular complexity index is 528. The average Bonchev–Trinajstić information content (AvgIpc) is 2.27. The van der Waals surface area contributed by atoms with Gasteiger partial charge in [0.1, 0.15) is 4.90 Å². The highest BCUT2D eigenvalue weighted by Crippen LogP contribution is 2.36. The van der Waals surface area contributed by atoms with Crippen LogP contribution in [0.4, 0.5) is 0 Å². The molecule has 0 aromatic heterocycles. The van der Waals surface area contributed by atoms with Crippen molar-refractivity contribution >= 4 is 25.8 Å². The second-order valence-corrected chi connectivity index (χ2v) is 7.12. The standard InChI is InChI=1S/C12H18BrNO3S/c1-8(4-5-14)9-6-10(13)12(17-2)11(7-9)18(3,15)16/h6-8H,4-5,14H2,1-3H3.